The number of anilines is 1. The number of phenolic OH excluding ortho intramolecular Hbond substituents is 1. The van der Waals surface area contributed by atoms with E-state index in [2.05, 4.69) is 12.2 Å². The zero-order valence-electron chi connectivity index (χ0n) is 11.8. The van der Waals surface area contributed by atoms with Gasteiger partial charge < -0.3 is 15.3 Å². The van der Waals surface area contributed by atoms with Crippen molar-refractivity contribution < 1.29 is 9.90 Å². The lowest BCUT2D eigenvalue weighted by molar-refractivity contribution is -0.112. The molecule has 0 aliphatic rings. The fraction of sp³-hybridized carbons (Fsp3) is 0.333. The van der Waals surface area contributed by atoms with E-state index >= 15 is 0 Å². The van der Waals surface area contributed by atoms with Crippen molar-refractivity contribution in [3.63, 3.8) is 0 Å². The summed E-state index contributed by atoms with van der Waals surface area (Å²) in [5.41, 5.74) is 0.485. The Morgan fingerprint density at radius 2 is 2.30 bits per heavy atom. The third-order valence-electron chi connectivity index (χ3n) is 2.68. The molecule has 0 spiro atoms. The molecule has 0 radical (unpaired) electrons. The molecule has 5 heteroatoms. The van der Waals surface area contributed by atoms with Crippen LogP contribution < -0.4 is 5.32 Å². The molecule has 0 heterocycles. The maximum absolute atomic E-state index is 12.0. The smallest absolute Gasteiger partial charge is 0.267 e. The molecule has 1 amide bonds. The van der Waals surface area contributed by atoms with Crippen molar-refractivity contribution in [3.8, 4) is 11.8 Å². The Labute approximate surface area is 119 Å². The number of phenols is 1. The number of unbranched alkanes of at least 4 members (excludes halogenated alkanes) is 1. The topological polar surface area (TPSA) is 76.4 Å². The van der Waals surface area contributed by atoms with Gasteiger partial charge in [0.05, 0.1) is 0 Å². The molecule has 2 N–H and O–H groups in total. The normalized spacial score (nSPS) is 10.8. The van der Waals surface area contributed by atoms with E-state index in [9.17, 15) is 9.90 Å². The van der Waals surface area contributed by atoms with Crippen LogP contribution in [0.3, 0.4) is 0 Å². The lowest BCUT2D eigenvalue weighted by Gasteiger charge is -2.14. The monoisotopic (exact) mass is 273 g/mol. The Morgan fingerprint density at radius 1 is 1.55 bits per heavy atom. The lowest BCUT2D eigenvalue weighted by Crippen LogP contribution is -2.19. The molecule has 0 bridgehead atoms. The van der Waals surface area contributed by atoms with Gasteiger partial charge >= 0.3 is 0 Å². The molecule has 0 aliphatic carbocycles. The van der Waals surface area contributed by atoms with Gasteiger partial charge in [-0.25, -0.2) is 0 Å². The standard InChI is InChI=1S/C15H19N3O2/c1-3-4-8-18(2)11-12(10-16)15(20)17-13-6-5-7-14(19)9-13/h5-7,9,11,19H,3-4,8H2,1-2H3,(H,17,20)/b12-11-. The number of nitrogens with zero attached hydrogens (tertiary/aromatic N) is 2. The minimum Gasteiger partial charge on any atom is -0.508 e. The second kappa shape index (κ2) is 7.85. The fourth-order valence-electron chi connectivity index (χ4n) is 1.61. The molecule has 0 aromatic heterocycles. The molecule has 20 heavy (non-hydrogen) atoms. The van der Waals surface area contributed by atoms with Gasteiger partial charge in [0, 0.05) is 31.5 Å². The fourth-order valence-corrected chi connectivity index (χ4v) is 1.61. The lowest BCUT2D eigenvalue weighted by atomic mass is 10.2. The van der Waals surface area contributed by atoms with Gasteiger partial charge in [0.15, 0.2) is 0 Å². The first-order chi connectivity index (χ1) is 9.56. The molecule has 0 fully saturated rings. The predicted molar refractivity (Wildman–Crippen MR) is 78.0 cm³/mol. The van der Waals surface area contributed by atoms with Crippen LogP contribution in [0.5, 0.6) is 5.75 Å². The van der Waals surface area contributed by atoms with Crippen molar-refractivity contribution in [3.05, 3.63) is 36.0 Å². The van der Waals surface area contributed by atoms with Gasteiger partial charge in [0.1, 0.15) is 17.4 Å². The molecular formula is C15H19N3O2. The van der Waals surface area contributed by atoms with Gasteiger partial charge in [-0.15, -0.1) is 0 Å². The van der Waals surface area contributed by atoms with Gasteiger partial charge in [0.2, 0.25) is 0 Å². The molecular weight excluding hydrogens is 254 g/mol. The molecule has 106 valence electrons. The number of rotatable bonds is 6. The predicted octanol–water partition coefficient (Wildman–Crippen LogP) is 2.47. The van der Waals surface area contributed by atoms with E-state index in [1.54, 1.807) is 12.1 Å². The van der Waals surface area contributed by atoms with Crippen LogP contribution in [-0.4, -0.2) is 29.5 Å². The van der Waals surface area contributed by atoms with Crippen molar-refractivity contribution in [2.45, 2.75) is 19.8 Å². The molecule has 0 aliphatic heterocycles. The maximum atomic E-state index is 12.0. The molecule has 1 rings (SSSR count). The molecule has 0 atom stereocenters. The Balaban J connectivity index is 2.72. The minimum absolute atomic E-state index is 0.0342. The molecule has 0 saturated carbocycles. The van der Waals surface area contributed by atoms with Crippen molar-refractivity contribution in [2.24, 2.45) is 0 Å². The highest BCUT2D eigenvalue weighted by Gasteiger charge is 2.10. The summed E-state index contributed by atoms with van der Waals surface area (Å²) in [6.07, 6.45) is 3.59. The summed E-state index contributed by atoms with van der Waals surface area (Å²) in [6, 6.07) is 8.09. The average Bonchev–Trinajstić information content (AvgIpc) is 2.42. The van der Waals surface area contributed by atoms with E-state index in [0.717, 1.165) is 19.4 Å². The summed E-state index contributed by atoms with van der Waals surface area (Å²) in [5.74, 6) is -0.424. The van der Waals surface area contributed by atoms with E-state index in [1.165, 1.54) is 18.3 Å². The van der Waals surface area contributed by atoms with E-state index in [0.29, 0.717) is 5.69 Å². The van der Waals surface area contributed by atoms with Gasteiger partial charge in [-0.2, -0.15) is 5.26 Å². The van der Waals surface area contributed by atoms with Gasteiger partial charge in [-0.05, 0) is 18.6 Å². The second-order valence-corrected chi connectivity index (χ2v) is 4.49. The van der Waals surface area contributed by atoms with E-state index < -0.39 is 5.91 Å². The van der Waals surface area contributed by atoms with Crippen LogP contribution in [0.25, 0.3) is 0 Å². The summed E-state index contributed by atoms with van der Waals surface area (Å²) >= 11 is 0. The zero-order valence-corrected chi connectivity index (χ0v) is 11.8. The third-order valence-corrected chi connectivity index (χ3v) is 2.68. The summed E-state index contributed by atoms with van der Waals surface area (Å²) in [5, 5.41) is 21.0. The summed E-state index contributed by atoms with van der Waals surface area (Å²) < 4.78 is 0. The highest BCUT2D eigenvalue weighted by atomic mass is 16.3. The van der Waals surface area contributed by atoms with E-state index in [-0.39, 0.29) is 11.3 Å². The van der Waals surface area contributed by atoms with Crippen molar-refractivity contribution >= 4 is 11.6 Å². The van der Waals surface area contributed by atoms with Gasteiger partial charge in [-0.3, -0.25) is 4.79 Å². The number of hydrogen-bond acceptors (Lipinski definition) is 4. The molecule has 1 aromatic carbocycles. The van der Waals surface area contributed by atoms with Crippen LogP contribution in [0, 0.1) is 11.3 Å². The Morgan fingerprint density at radius 3 is 2.90 bits per heavy atom. The highest BCUT2D eigenvalue weighted by molar-refractivity contribution is 6.06. The SMILES string of the molecule is CCCCN(C)/C=C(/C#N)C(=O)Nc1cccc(O)c1. The van der Waals surface area contributed by atoms with Crippen molar-refractivity contribution in [1.82, 2.24) is 4.90 Å². The summed E-state index contributed by atoms with van der Waals surface area (Å²) in [4.78, 5) is 13.8. The number of carbonyl (C=O) groups is 1. The van der Waals surface area contributed by atoms with Gasteiger partial charge in [0.25, 0.3) is 5.91 Å². The van der Waals surface area contributed by atoms with Crippen LogP contribution in [0.15, 0.2) is 36.0 Å². The van der Waals surface area contributed by atoms with Crippen LogP contribution >= 0.6 is 0 Å². The Hall–Kier alpha value is -2.48. The number of hydrogen-bond donors (Lipinski definition) is 2. The number of benzene rings is 1. The van der Waals surface area contributed by atoms with Crippen LogP contribution in [-0.2, 0) is 4.79 Å². The number of carbonyl (C=O) groups excluding carboxylic acids is 1. The first-order valence-corrected chi connectivity index (χ1v) is 6.49. The number of amides is 1. The molecule has 0 unspecified atom stereocenters. The molecule has 1 aromatic rings. The van der Waals surface area contributed by atoms with Crippen LogP contribution in [0.4, 0.5) is 5.69 Å². The first kappa shape index (κ1) is 15.6. The first-order valence-electron chi connectivity index (χ1n) is 6.49. The number of nitriles is 1. The largest absolute Gasteiger partial charge is 0.508 e. The average molecular weight is 273 g/mol. The second-order valence-electron chi connectivity index (χ2n) is 4.49. The zero-order chi connectivity index (χ0) is 15.0. The molecule has 0 saturated heterocycles. The number of aromatic hydroxyl groups is 1. The molecule has 5 nitrogen and oxygen atoms in total. The Bertz CT molecular complexity index is 532. The Kier molecular flexibility index (Phi) is 6.11. The highest BCUT2D eigenvalue weighted by Crippen LogP contribution is 2.16. The van der Waals surface area contributed by atoms with Crippen LogP contribution in [0.1, 0.15) is 19.8 Å². The van der Waals surface area contributed by atoms with E-state index in [1.807, 2.05) is 18.0 Å². The van der Waals surface area contributed by atoms with Crippen molar-refractivity contribution in [1.29, 1.82) is 5.26 Å². The maximum Gasteiger partial charge on any atom is 0.267 e. The quantitative estimate of drug-likeness (QED) is 0.616. The third kappa shape index (κ3) is 5.02. The summed E-state index contributed by atoms with van der Waals surface area (Å²) in [6.45, 7) is 2.87. The number of nitrogens with one attached hydrogen (secondary N) is 1. The van der Waals surface area contributed by atoms with Gasteiger partial charge in [-0.1, -0.05) is 19.4 Å². The van der Waals surface area contributed by atoms with E-state index in [4.69, 9.17) is 5.26 Å². The van der Waals surface area contributed by atoms with Crippen LogP contribution in [0.2, 0.25) is 0 Å². The minimum atomic E-state index is -0.485. The summed E-state index contributed by atoms with van der Waals surface area (Å²) in [7, 11) is 1.83. The van der Waals surface area contributed by atoms with Crippen molar-refractivity contribution in [2.75, 3.05) is 18.9 Å².